The van der Waals surface area contributed by atoms with Gasteiger partial charge in [-0.1, -0.05) is 11.6 Å². The Morgan fingerprint density at radius 2 is 1.96 bits per heavy atom. The van der Waals surface area contributed by atoms with Crippen LogP contribution in [-0.4, -0.2) is 60.6 Å². The number of amides is 1. The van der Waals surface area contributed by atoms with Gasteiger partial charge in [-0.15, -0.1) is 0 Å². The normalized spacial score (nSPS) is 14.2. The molecule has 2 aromatic rings. The molecule has 3 rings (SSSR count). The Kier molecular flexibility index (Phi) is 6.01. The highest BCUT2D eigenvalue weighted by atomic mass is 35.5. The maximum Gasteiger partial charge on any atom is 0.257 e. The summed E-state index contributed by atoms with van der Waals surface area (Å²) in [6.07, 6.45) is 0. The maximum absolute atomic E-state index is 12.9. The van der Waals surface area contributed by atoms with Crippen molar-refractivity contribution in [3.05, 3.63) is 40.7 Å². The first-order valence-electron chi connectivity index (χ1n) is 8.99. The van der Waals surface area contributed by atoms with Gasteiger partial charge in [-0.25, -0.2) is 9.97 Å². The molecular formula is C19H24ClN5O2. The zero-order chi connectivity index (χ0) is 19.4. The number of rotatable bonds is 5. The van der Waals surface area contributed by atoms with Crippen LogP contribution in [0.3, 0.4) is 0 Å². The Bertz CT molecular complexity index is 822. The van der Waals surface area contributed by atoms with E-state index in [1.807, 2.05) is 24.8 Å². The molecule has 8 heteroatoms. The summed E-state index contributed by atoms with van der Waals surface area (Å²) in [5, 5.41) is 3.74. The zero-order valence-electron chi connectivity index (χ0n) is 15.8. The van der Waals surface area contributed by atoms with Crippen molar-refractivity contribution in [1.82, 2.24) is 14.9 Å². The van der Waals surface area contributed by atoms with Crippen molar-refractivity contribution in [3.63, 3.8) is 0 Å². The molecule has 1 aliphatic heterocycles. The Balaban J connectivity index is 1.70. The Morgan fingerprint density at radius 1 is 1.22 bits per heavy atom. The summed E-state index contributed by atoms with van der Waals surface area (Å²) in [5.74, 6) is 2.90. The van der Waals surface area contributed by atoms with Crippen LogP contribution in [0.5, 0.6) is 5.75 Å². The molecule has 7 nitrogen and oxygen atoms in total. The van der Waals surface area contributed by atoms with Crippen LogP contribution < -0.4 is 15.0 Å². The van der Waals surface area contributed by atoms with Crippen molar-refractivity contribution in [2.45, 2.75) is 13.8 Å². The summed E-state index contributed by atoms with van der Waals surface area (Å²) in [7, 11) is 1.55. The maximum atomic E-state index is 12.9. The molecule has 0 spiro atoms. The van der Waals surface area contributed by atoms with Crippen LogP contribution in [0.1, 0.15) is 23.1 Å². The molecular weight excluding hydrogens is 366 g/mol. The number of carbonyl (C=O) groups excluding carboxylic acids is 1. The second kappa shape index (κ2) is 8.43. The molecule has 1 N–H and O–H groups in total. The van der Waals surface area contributed by atoms with Crippen LogP contribution in [0.4, 0.5) is 11.6 Å². The van der Waals surface area contributed by atoms with E-state index < -0.39 is 0 Å². The van der Waals surface area contributed by atoms with Crippen LogP contribution in [-0.2, 0) is 0 Å². The number of nitrogens with one attached hydrogen (secondary N) is 1. The number of piperazine rings is 1. The fraction of sp³-hybridized carbons (Fsp3) is 0.421. The van der Waals surface area contributed by atoms with Gasteiger partial charge in [0.1, 0.15) is 23.2 Å². The van der Waals surface area contributed by atoms with Crippen molar-refractivity contribution in [3.8, 4) is 5.75 Å². The Hall–Kier alpha value is -2.54. The largest absolute Gasteiger partial charge is 0.496 e. The molecule has 27 heavy (non-hydrogen) atoms. The van der Waals surface area contributed by atoms with Gasteiger partial charge in [-0.05, 0) is 32.0 Å². The lowest BCUT2D eigenvalue weighted by atomic mass is 10.1. The summed E-state index contributed by atoms with van der Waals surface area (Å²) in [6, 6.07) is 7.05. The number of methoxy groups -OCH3 is 1. The second-order valence-electron chi connectivity index (χ2n) is 6.31. The Labute approximate surface area is 164 Å². The lowest BCUT2D eigenvalue weighted by molar-refractivity contribution is 0.0743. The van der Waals surface area contributed by atoms with Crippen molar-refractivity contribution < 1.29 is 9.53 Å². The van der Waals surface area contributed by atoms with Crippen LogP contribution in [0.25, 0.3) is 0 Å². The summed E-state index contributed by atoms with van der Waals surface area (Å²) in [6.45, 7) is 7.34. The molecule has 1 aliphatic rings. The molecule has 0 saturated carbocycles. The molecule has 0 atom stereocenters. The minimum Gasteiger partial charge on any atom is -0.496 e. The number of nitrogens with zero attached hydrogens (tertiary/aromatic N) is 4. The number of aromatic nitrogens is 2. The molecule has 0 radical (unpaired) electrons. The predicted octanol–water partition coefficient (Wildman–Crippen LogP) is 2.84. The standard InChI is InChI=1S/C19H24ClN5O2/c1-4-21-17-12-18(23-13(2)22-17)24-7-9-25(10-8-24)19(26)15-11-14(20)5-6-16(15)27-3/h5-6,11-12H,4,7-10H2,1-3H3,(H,21,22,23). The van der Waals surface area contributed by atoms with Crippen LogP contribution >= 0.6 is 11.6 Å². The van der Waals surface area contributed by atoms with Crippen molar-refractivity contribution >= 4 is 29.1 Å². The number of halogens is 1. The minimum absolute atomic E-state index is 0.0683. The molecule has 0 bridgehead atoms. The van der Waals surface area contributed by atoms with Crippen LogP contribution in [0.15, 0.2) is 24.3 Å². The number of hydrogen-bond acceptors (Lipinski definition) is 6. The molecule has 144 valence electrons. The first kappa shape index (κ1) is 19.2. The van der Waals surface area contributed by atoms with E-state index >= 15 is 0 Å². The van der Waals surface area contributed by atoms with E-state index in [1.54, 1.807) is 25.3 Å². The third kappa shape index (κ3) is 4.42. The van der Waals surface area contributed by atoms with Crippen molar-refractivity contribution in [2.75, 3.05) is 50.1 Å². The van der Waals surface area contributed by atoms with Gasteiger partial charge in [-0.3, -0.25) is 4.79 Å². The van der Waals surface area contributed by atoms with Gasteiger partial charge in [0.25, 0.3) is 5.91 Å². The predicted molar refractivity (Wildman–Crippen MR) is 107 cm³/mol. The SMILES string of the molecule is CCNc1cc(N2CCN(C(=O)c3cc(Cl)ccc3OC)CC2)nc(C)n1. The lowest BCUT2D eigenvalue weighted by Gasteiger charge is -2.35. The smallest absolute Gasteiger partial charge is 0.257 e. The van der Waals surface area contributed by atoms with Gasteiger partial charge >= 0.3 is 0 Å². The first-order chi connectivity index (χ1) is 13.0. The third-order valence-electron chi connectivity index (χ3n) is 4.47. The molecule has 1 saturated heterocycles. The fourth-order valence-corrected chi connectivity index (χ4v) is 3.31. The summed E-state index contributed by atoms with van der Waals surface area (Å²) in [5.41, 5.74) is 0.491. The molecule has 1 aromatic heterocycles. The van der Waals surface area contributed by atoms with E-state index in [0.29, 0.717) is 42.5 Å². The van der Waals surface area contributed by atoms with Gasteiger partial charge < -0.3 is 19.9 Å². The number of ether oxygens (including phenoxy) is 1. The number of benzene rings is 1. The number of aryl methyl sites for hydroxylation is 1. The zero-order valence-corrected chi connectivity index (χ0v) is 16.6. The fourth-order valence-electron chi connectivity index (χ4n) is 3.14. The van der Waals surface area contributed by atoms with E-state index in [4.69, 9.17) is 16.3 Å². The highest BCUT2D eigenvalue weighted by molar-refractivity contribution is 6.31. The first-order valence-corrected chi connectivity index (χ1v) is 9.37. The average molecular weight is 390 g/mol. The molecule has 2 heterocycles. The van der Waals surface area contributed by atoms with Gasteiger partial charge in [0.05, 0.1) is 12.7 Å². The van der Waals surface area contributed by atoms with E-state index in [2.05, 4.69) is 20.2 Å². The number of carbonyl (C=O) groups is 1. The number of hydrogen-bond donors (Lipinski definition) is 1. The quantitative estimate of drug-likeness (QED) is 0.847. The molecule has 1 aromatic carbocycles. The van der Waals surface area contributed by atoms with E-state index in [-0.39, 0.29) is 5.91 Å². The second-order valence-corrected chi connectivity index (χ2v) is 6.75. The van der Waals surface area contributed by atoms with Crippen LogP contribution in [0.2, 0.25) is 5.02 Å². The number of anilines is 2. The molecule has 0 aliphatic carbocycles. The minimum atomic E-state index is -0.0683. The summed E-state index contributed by atoms with van der Waals surface area (Å²) < 4.78 is 5.31. The average Bonchev–Trinajstić information content (AvgIpc) is 2.67. The molecule has 1 amide bonds. The lowest BCUT2D eigenvalue weighted by Crippen LogP contribution is -2.49. The molecule has 0 unspecified atom stereocenters. The van der Waals surface area contributed by atoms with Crippen molar-refractivity contribution in [2.24, 2.45) is 0 Å². The van der Waals surface area contributed by atoms with Gasteiger partial charge in [0, 0.05) is 43.8 Å². The van der Waals surface area contributed by atoms with Crippen LogP contribution in [0, 0.1) is 6.92 Å². The van der Waals surface area contributed by atoms with E-state index in [1.165, 1.54) is 0 Å². The van der Waals surface area contributed by atoms with Crippen molar-refractivity contribution in [1.29, 1.82) is 0 Å². The summed E-state index contributed by atoms with van der Waals surface area (Å²) >= 11 is 6.06. The van der Waals surface area contributed by atoms with E-state index in [0.717, 1.165) is 24.0 Å². The monoisotopic (exact) mass is 389 g/mol. The summed E-state index contributed by atoms with van der Waals surface area (Å²) in [4.78, 5) is 25.8. The van der Waals surface area contributed by atoms with Gasteiger partial charge in [-0.2, -0.15) is 0 Å². The van der Waals surface area contributed by atoms with Gasteiger partial charge in [0.15, 0.2) is 0 Å². The third-order valence-corrected chi connectivity index (χ3v) is 4.70. The Morgan fingerprint density at radius 3 is 2.63 bits per heavy atom. The van der Waals surface area contributed by atoms with E-state index in [9.17, 15) is 4.79 Å². The molecule has 1 fully saturated rings. The highest BCUT2D eigenvalue weighted by Crippen LogP contribution is 2.25. The topological polar surface area (TPSA) is 70.6 Å². The van der Waals surface area contributed by atoms with Gasteiger partial charge in [0.2, 0.25) is 0 Å². The highest BCUT2D eigenvalue weighted by Gasteiger charge is 2.25.